The molecule has 0 atom stereocenters. The van der Waals surface area contributed by atoms with Crippen molar-refractivity contribution in [3.63, 3.8) is 0 Å². The molecule has 0 radical (unpaired) electrons. The third kappa shape index (κ3) is 3.62. The predicted octanol–water partition coefficient (Wildman–Crippen LogP) is 5.17. The van der Waals surface area contributed by atoms with Crippen molar-refractivity contribution < 1.29 is 9.90 Å². The van der Waals surface area contributed by atoms with Gasteiger partial charge in [-0.2, -0.15) is 0 Å². The molecule has 0 aromatic heterocycles. The first kappa shape index (κ1) is 16.9. The van der Waals surface area contributed by atoms with Crippen molar-refractivity contribution in [3.05, 3.63) is 61.0 Å². The number of anilines is 1. The fraction of sp³-hybridized carbons (Fsp3) is 0. The second-order valence-electron chi connectivity index (χ2n) is 4.70. The highest BCUT2D eigenvalue weighted by molar-refractivity contribution is 14.1. The van der Waals surface area contributed by atoms with Gasteiger partial charge in [0, 0.05) is 4.47 Å². The van der Waals surface area contributed by atoms with Crippen LogP contribution in [0.2, 0.25) is 0 Å². The molecule has 0 aliphatic carbocycles. The van der Waals surface area contributed by atoms with Crippen molar-refractivity contribution in [1.82, 2.24) is 0 Å². The summed E-state index contributed by atoms with van der Waals surface area (Å²) in [5.41, 5.74) is 1.60. The smallest absolute Gasteiger partial charge is 0.270 e. The third-order valence-electron chi connectivity index (χ3n) is 3.15. The van der Waals surface area contributed by atoms with E-state index in [-0.39, 0.29) is 11.7 Å². The molecule has 1 fully saturated rings. The molecule has 0 saturated carbocycles. The summed E-state index contributed by atoms with van der Waals surface area (Å²) in [6.45, 7) is 0. The predicted molar refractivity (Wildman–Crippen MR) is 111 cm³/mol. The average molecular weight is 518 g/mol. The lowest BCUT2D eigenvalue weighted by Gasteiger charge is -2.14. The lowest BCUT2D eigenvalue weighted by molar-refractivity contribution is -0.113. The highest BCUT2D eigenvalue weighted by Gasteiger charge is 2.33. The summed E-state index contributed by atoms with van der Waals surface area (Å²) in [6.07, 6.45) is 1.79. The minimum absolute atomic E-state index is 0.134. The normalized spacial score (nSPS) is 16.4. The van der Waals surface area contributed by atoms with E-state index in [1.54, 1.807) is 18.2 Å². The second kappa shape index (κ2) is 6.92. The fourth-order valence-electron chi connectivity index (χ4n) is 2.04. The average Bonchev–Trinajstić information content (AvgIpc) is 2.79. The van der Waals surface area contributed by atoms with E-state index in [4.69, 9.17) is 12.2 Å². The van der Waals surface area contributed by atoms with Gasteiger partial charge >= 0.3 is 0 Å². The molecule has 1 aliphatic heterocycles. The largest absolute Gasteiger partial charge is 0.507 e. The number of hydrogen-bond donors (Lipinski definition) is 1. The maximum Gasteiger partial charge on any atom is 0.270 e. The fourth-order valence-corrected chi connectivity index (χ4v) is 4.15. The van der Waals surface area contributed by atoms with Crippen molar-refractivity contribution in [3.8, 4) is 5.75 Å². The molecular formula is C16H9BrINO2S2. The maximum absolute atomic E-state index is 12.6. The van der Waals surface area contributed by atoms with Crippen molar-refractivity contribution in [2.75, 3.05) is 4.90 Å². The van der Waals surface area contributed by atoms with Gasteiger partial charge in [-0.25, -0.2) is 0 Å². The molecule has 3 nitrogen and oxygen atoms in total. The van der Waals surface area contributed by atoms with E-state index in [0.29, 0.717) is 9.23 Å². The minimum Gasteiger partial charge on any atom is -0.507 e. The Hall–Kier alpha value is -0.900. The van der Waals surface area contributed by atoms with Crippen molar-refractivity contribution >= 4 is 84.5 Å². The molecule has 1 aliphatic rings. The van der Waals surface area contributed by atoms with Crippen LogP contribution in [0.5, 0.6) is 5.75 Å². The SMILES string of the molecule is O=C1/C(=C/c2ccc(O)c(I)c2)SC(=S)N1c1ccc(Br)cc1. The van der Waals surface area contributed by atoms with E-state index < -0.39 is 0 Å². The van der Waals surface area contributed by atoms with Gasteiger partial charge < -0.3 is 5.11 Å². The summed E-state index contributed by atoms with van der Waals surface area (Å²) >= 11 is 12.1. The van der Waals surface area contributed by atoms with Gasteiger partial charge in [-0.05, 0) is 70.6 Å². The van der Waals surface area contributed by atoms with Crippen LogP contribution in [0.25, 0.3) is 6.08 Å². The number of thioether (sulfide) groups is 1. The Morgan fingerprint density at radius 2 is 1.91 bits per heavy atom. The van der Waals surface area contributed by atoms with Crippen LogP contribution in [-0.2, 0) is 4.79 Å². The number of halogens is 2. The van der Waals surface area contributed by atoms with Gasteiger partial charge in [-0.15, -0.1) is 0 Å². The standard InChI is InChI=1S/C16H9BrINO2S2/c17-10-2-4-11(5-3-10)19-15(21)14(23-16(19)22)8-9-1-6-13(20)12(18)7-9/h1-8,20H/b14-8-. The van der Waals surface area contributed by atoms with Gasteiger partial charge in [0.2, 0.25) is 0 Å². The number of amides is 1. The molecule has 3 rings (SSSR count). The monoisotopic (exact) mass is 517 g/mol. The number of phenols is 1. The summed E-state index contributed by atoms with van der Waals surface area (Å²) in [4.78, 5) is 14.7. The number of benzene rings is 2. The zero-order chi connectivity index (χ0) is 16.6. The van der Waals surface area contributed by atoms with Gasteiger partial charge in [0.05, 0.1) is 14.2 Å². The molecule has 1 heterocycles. The van der Waals surface area contributed by atoms with E-state index >= 15 is 0 Å². The molecule has 1 N–H and O–H groups in total. The van der Waals surface area contributed by atoms with Gasteiger partial charge in [0.1, 0.15) is 5.75 Å². The number of aromatic hydroxyl groups is 1. The summed E-state index contributed by atoms with van der Waals surface area (Å²) in [7, 11) is 0. The van der Waals surface area contributed by atoms with Gasteiger partial charge in [0.25, 0.3) is 5.91 Å². The maximum atomic E-state index is 12.6. The van der Waals surface area contributed by atoms with Crippen molar-refractivity contribution in [1.29, 1.82) is 0 Å². The molecule has 1 saturated heterocycles. The molecule has 1 amide bonds. The van der Waals surface area contributed by atoms with Crippen molar-refractivity contribution in [2.24, 2.45) is 0 Å². The topological polar surface area (TPSA) is 40.5 Å². The number of rotatable bonds is 2. The number of phenolic OH excluding ortho intramolecular Hbond substituents is 1. The van der Waals surface area contributed by atoms with Gasteiger partial charge in [0.15, 0.2) is 4.32 Å². The Morgan fingerprint density at radius 3 is 2.57 bits per heavy atom. The first-order valence-corrected chi connectivity index (χ1v) is 9.57. The van der Waals surface area contributed by atoms with Crippen molar-refractivity contribution in [2.45, 2.75) is 0 Å². The zero-order valence-electron chi connectivity index (χ0n) is 11.5. The minimum atomic E-state index is -0.134. The van der Waals surface area contributed by atoms with Gasteiger partial charge in [-0.3, -0.25) is 9.69 Å². The molecule has 7 heteroatoms. The van der Waals surface area contributed by atoms with E-state index in [0.717, 1.165) is 19.3 Å². The summed E-state index contributed by atoms with van der Waals surface area (Å²) in [5, 5.41) is 9.58. The van der Waals surface area contributed by atoms with Crippen LogP contribution >= 0.6 is 62.5 Å². The lowest BCUT2D eigenvalue weighted by Crippen LogP contribution is -2.27. The highest BCUT2D eigenvalue weighted by Crippen LogP contribution is 2.36. The third-order valence-corrected chi connectivity index (χ3v) is 5.84. The number of hydrogen-bond acceptors (Lipinski definition) is 4. The number of carbonyl (C=O) groups excluding carboxylic acids is 1. The molecule has 116 valence electrons. The molecule has 0 unspecified atom stereocenters. The van der Waals surface area contributed by atoms with E-state index in [1.165, 1.54) is 16.7 Å². The zero-order valence-corrected chi connectivity index (χ0v) is 16.9. The summed E-state index contributed by atoms with van der Waals surface area (Å²) < 4.78 is 2.19. The van der Waals surface area contributed by atoms with Crippen LogP contribution in [0.1, 0.15) is 5.56 Å². The summed E-state index contributed by atoms with van der Waals surface area (Å²) in [6, 6.07) is 12.7. The molecule has 0 bridgehead atoms. The van der Waals surface area contributed by atoms with Crippen LogP contribution in [0.3, 0.4) is 0 Å². The highest BCUT2D eigenvalue weighted by atomic mass is 127. The van der Waals surface area contributed by atoms with Crippen LogP contribution in [0, 0.1) is 3.57 Å². The van der Waals surface area contributed by atoms with E-state index in [1.807, 2.05) is 30.3 Å². The van der Waals surface area contributed by atoms with Crippen LogP contribution < -0.4 is 4.90 Å². The Kier molecular flexibility index (Phi) is 5.10. The number of thiocarbonyl (C=S) groups is 1. The van der Waals surface area contributed by atoms with Gasteiger partial charge in [-0.1, -0.05) is 46.0 Å². The van der Waals surface area contributed by atoms with Crippen LogP contribution in [-0.4, -0.2) is 15.3 Å². The molecule has 2 aromatic rings. The first-order valence-electron chi connectivity index (χ1n) is 6.48. The molecule has 23 heavy (non-hydrogen) atoms. The first-order chi connectivity index (χ1) is 11.0. The molecule has 2 aromatic carbocycles. The van der Waals surface area contributed by atoms with E-state index in [2.05, 4.69) is 38.5 Å². The number of carbonyl (C=O) groups is 1. The Bertz CT molecular complexity index is 836. The lowest BCUT2D eigenvalue weighted by atomic mass is 10.2. The van der Waals surface area contributed by atoms with E-state index in [9.17, 15) is 9.90 Å². The van der Waals surface area contributed by atoms with Crippen LogP contribution in [0.4, 0.5) is 5.69 Å². The van der Waals surface area contributed by atoms with Crippen LogP contribution in [0.15, 0.2) is 51.8 Å². The molecular weight excluding hydrogens is 509 g/mol. The Morgan fingerprint density at radius 1 is 1.22 bits per heavy atom. The Labute approximate surface area is 165 Å². The second-order valence-corrected chi connectivity index (χ2v) is 8.46. The molecule has 0 spiro atoms. The Balaban J connectivity index is 1.92. The summed E-state index contributed by atoms with van der Waals surface area (Å²) in [5.74, 6) is 0.0931. The number of nitrogens with zero attached hydrogens (tertiary/aromatic N) is 1. The quantitative estimate of drug-likeness (QED) is 0.339.